The molecule has 1 aromatic carbocycles. The number of rotatable bonds is 4. The average molecular weight is 207 g/mol. The SMILES string of the molecule is COC(=O)CNC(C)c1ccccc1C. The first-order chi connectivity index (χ1) is 7.15. The van der Waals surface area contributed by atoms with Crippen molar-refractivity contribution in [3.05, 3.63) is 35.4 Å². The normalized spacial score (nSPS) is 12.2. The van der Waals surface area contributed by atoms with Crippen molar-refractivity contribution in [2.45, 2.75) is 19.9 Å². The molecule has 0 radical (unpaired) electrons. The number of aryl methyl sites for hydroxylation is 1. The molecule has 0 aliphatic carbocycles. The third-order valence-corrected chi connectivity index (χ3v) is 2.44. The highest BCUT2D eigenvalue weighted by Crippen LogP contribution is 2.15. The van der Waals surface area contributed by atoms with Crippen LogP contribution in [0.25, 0.3) is 0 Å². The van der Waals surface area contributed by atoms with Gasteiger partial charge in [-0.15, -0.1) is 0 Å². The van der Waals surface area contributed by atoms with Crippen molar-refractivity contribution in [3.8, 4) is 0 Å². The fourth-order valence-corrected chi connectivity index (χ4v) is 1.49. The smallest absolute Gasteiger partial charge is 0.319 e. The highest BCUT2D eigenvalue weighted by atomic mass is 16.5. The fraction of sp³-hybridized carbons (Fsp3) is 0.417. The Morgan fingerprint density at radius 1 is 1.47 bits per heavy atom. The van der Waals surface area contributed by atoms with Gasteiger partial charge in [0.1, 0.15) is 0 Å². The van der Waals surface area contributed by atoms with Crippen LogP contribution >= 0.6 is 0 Å². The second-order valence-corrected chi connectivity index (χ2v) is 3.54. The molecule has 0 aliphatic heterocycles. The number of carbonyl (C=O) groups excluding carboxylic acids is 1. The third-order valence-electron chi connectivity index (χ3n) is 2.44. The molecule has 15 heavy (non-hydrogen) atoms. The Labute approximate surface area is 90.4 Å². The first-order valence-corrected chi connectivity index (χ1v) is 5.01. The number of ether oxygens (including phenoxy) is 1. The molecule has 3 heteroatoms. The van der Waals surface area contributed by atoms with Crippen molar-refractivity contribution in [1.82, 2.24) is 5.32 Å². The second kappa shape index (κ2) is 5.51. The average Bonchev–Trinajstić information content (AvgIpc) is 2.26. The van der Waals surface area contributed by atoms with Crippen molar-refractivity contribution in [2.24, 2.45) is 0 Å². The molecule has 82 valence electrons. The number of carbonyl (C=O) groups is 1. The van der Waals surface area contributed by atoms with Gasteiger partial charge in [-0.2, -0.15) is 0 Å². The Morgan fingerprint density at radius 2 is 2.13 bits per heavy atom. The van der Waals surface area contributed by atoms with E-state index in [4.69, 9.17) is 0 Å². The van der Waals surface area contributed by atoms with Crippen LogP contribution < -0.4 is 5.32 Å². The molecule has 0 fully saturated rings. The molecule has 3 nitrogen and oxygen atoms in total. The summed E-state index contributed by atoms with van der Waals surface area (Å²) in [5.74, 6) is -0.240. The molecule has 0 saturated carbocycles. The zero-order chi connectivity index (χ0) is 11.3. The van der Waals surface area contributed by atoms with Crippen LogP contribution in [-0.4, -0.2) is 19.6 Å². The highest BCUT2D eigenvalue weighted by Gasteiger charge is 2.08. The van der Waals surface area contributed by atoms with Gasteiger partial charge in [0, 0.05) is 6.04 Å². The Balaban J connectivity index is 2.57. The van der Waals surface area contributed by atoms with Crippen LogP contribution in [0, 0.1) is 6.92 Å². The lowest BCUT2D eigenvalue weighted by molar-refractivity contribution is -0.139. The standard InChI is InChI=1S/C12H17NO2/c1-9-6-4-5-7-11(9)10(2)13-8-12(14)15-3/h4-7,10,13H,8H2,1-3H3. The maximum absolute atomic E-state index is 10.9. The molecule has 0 bridgehead atoms. The second-order valence-electron chi connectivity index (χ2n) is 3.54. The van der Waals surface area contributed by atoms with E-state index >= 15 is 0 Å². The lowest BCUT2D eigenvalue weighted by Gasteiger charge is -2.15. The monoisotopic (exact) mass is 207 g/mol. The van der Waals surface area contributed by atoms with Crippen LogP contribution in [0.1, 0.15) is 24.1 Å². The molecule has 1 atom stereocenters. The van der Waals surface area contributed by atoms with Crippen LogP contribution in [0.4, 0.5) is 0 Å². The lowest BCUT2D eigenvalue weighted by atomic mass is 10.0. The largest absolute Gasteiger partial charge is 0.468 e. The van der Waals surface area contributed by atoms with Gasteiger partial charge in [0.25, 0.3) is 0 Å². The van der Waals surface area contributed by atoms with Gasteiger partial charge in [-0.3, -0.25) is 4.79 Å². The Kier molecular flexibility index (Phi) is 4.31. The van der Waals surface area contributed by atoms with Gasteiger partial charge in [0.2, 0.25) is 0 Å². The van der Waals surface area contributed by atoms with Crippen molar-refractivity contribution in [2.75, 3.05) is 13.7 Å². The third kappa shape index (κ3) is 3.36. The summed E-state index contributed by atoms with van der Waals surface area (Å²) in [6, 6.07) is 8.28. The Morgan fingerprint density at radius 3 is 2.73 bits per heavy atom. The van der Waals surface area contributed by atoms with Crippen LogP contribution in [-0.2, 0) is 9.53 Å². The summed E-state index contributed by atoms with van der Waals surface area (Å²) in [5, 5.41) is 3.12. The number of benzene rings is 1. The fourth-order valence-electron chi connectivity index (χ4n) is 1.49. The molecule has 0 aromatic heterocycles. The van der Waals surface area contributed by atoms with Gasteiger partial charge in [0.05, 0.1) is 13.7 Å². The summed E-state index contributed by atoms with van der Waals surface area (Å²) < 4.78 is 4.57. The van der Waals surface area contributed by atoms with Gasteiger partial charge < -0.3 is 10.1 Å². The maximum atomic E-state index is 10.9. The zero-order valence-electron chi connectivity index (χ0n) is 9.41. The molecule has 0 saturated heterocycles. The van der Waals surface area contributed by atoms with E-state index in [2.05, 4.69) is 29.1 Å². The van der Waals surface area contributed by atoms with Crippen molar-refractivity contribution < 1.29 is 9.53 Å². The maximum Gasteiger partial charge on any atom is 0.319 e. The van der Waals surface area contributed by atoms with Gasteiger partial charge in [0.15, 0.2) is 0 Å². The van der Waals surface area contributed by atoms with Crippen LogP contribution in [0.2, 0.25) is 0 Å². The molecule has 0 aliphatic rings. The summed E-state index contributed by atoms with van der Waals surface area (Å²) >= 11 is 0. The minimum Gasteiger partial charge on any atom is -0.468 e. The van der Waals surface area contributed by atoms with Crippen LogP contribution in [0.5, 0.6) is 0 Å². The zero-order valence-corrected chi connectivity index (χ0v) is 9.41. The van der Waals surface area contributed by atoms with E-state index in [1.165, 1.54) is 18.2 Å². The number of methoxy groups -OCH3 is 1. The molecular weight excluding hydrogens is 190 g/mol. The molecular formula is C12H17NO2. The van der Waals surface area contributed by atoms with E-state index in [0.717, 1.165) is 0 Å². The number of esters is 1. The topological polar surface area (TPSA) is 38.3 Å². The molecule has 0 amide bonds. The van der Waals surface area contributed by atoms with Crippen molar-refractivity contribution in [1.29, 1.82) is 0 Å². The molecule has 1 rings (SSSR count). The number of nitrogens with one attached hydrogen (secondary N) is 1. The van der Waals surface area contributed by atoms with Crippen LogP contribution in [0.3, 0.4) is 0 Å². The van der Waals surface area contributed by atoms with Gasteiger partial charge in [-0.25, -0.2) is 0 Å². The Hall–Kier alpha value is -1.35. The predicted octanol–water partition coefficient (Wildman–Crippen LogP) is 1.82. The summed E-state index contributed by atoms with van der Waals surface area (Å²) in [6.45, 7) is 4.34. The summed E-state index contributed by atoms with van der Waals surface area (Å²) in [7, 11) is 1.39. The van der Waals surface area contributed by atoms with Gasteiger partial charge in [-0.1, -0.05) is 24.3 Å². The Bertz CT molecular complexity index is 336. The van der Waals surface area contributed by atoms with E-state index in [1.54, 1.807) is 0 Å². The highest BCUT2D eigenvalue weighted by molar-refractivity contribution is 5.71. The van der Waals surface area contributed by atoms with E-state index in [1.807, 2.05) is 19.1 Å². The molecule has 1 aromatic rings. The molecule has 1 unspecified atom stereocenters. The lowest BCUT2D eigenvalue weighted by Crippen LogP contribution is -2.27. The van der Waals surface area contributed by atoms with E-state index < -0.39 is 0 Å². The molecule has 0 heterocycles. The first kappa shape index (κ1) is 11.7. The van der Waals surface area contributed by atoms with Gasteiger partial charge in [-0.05, 0) is 25.0 Å². The van der Waals surface area contributed by atoms with Crippen LogP contribution in [0.15, 0.2) is 24.3 Å². The predicted molar refractivity (Wildman–Crippen MR) is 59.6 cm³/mol. The molecule has 1 N–H and O–H groups in total. The van der Waals surface area contributed by atoms with Gasteiger partial charge >= 0.3 is 5.97 Å². The van der Waals surface area contributed by atoms with Crippen molar-refractivity contribution >= 4 is 5.97 Å². The number of hydrogen-bond donors (Lipinski definition) is 1. The molecule has 0 spiro atoms. The summed E-state index contributed by atoms with van der Waals surface area (Å²) in [6.07, 6.45) is 0. The quantitative estimate of drug-likeness (QED) is 0.765. The minimum atomic E-state index is -0.240. The summed E-state index contributed by atoms with van der Waals surface area (Å²) in [4.78, 5) is 10.9. The van der Waals surface area contributed by atoms with E-state index in [0.29, 0.717) is 0 Å². The first-order valence-electron chi connectivity index (χ1n) is 5.01. The van der Waals surface area contributed by atoms with E-state index in [9.17, 15) is 4.79 Å². The minimum absolute atomic E-state index is 0.158. The summed E-state index contributed by atoms with van der Waals surface area (Å²) in [5.41, 5.74) is 2.43. The number of hydrogen-bond acceptors (Lipinski definition) is 3. The van der Waals surface area contributed by atoms with Crippen molar-refractivity contribution in [3.63, 3.8) is 0 Å². The van der Waals surface area contributed by atoms with E-state index in [-0.39, 0.29) is 18.6 Å².